The van der Waals surface area contributed by atoms with Crippen molar-refractivity contribution in [1.82, 2.24) is 0 Å². The Labute approximate surface area is 120 Å². The molecule has 0 heterocycles. The monoisotopic (exact) mass is 268 g/mol. The summed E-state index contributed by atoms with van der Waals surface area (Å²) in [6.45, 7) is 7.11. The second-order valence-electron chi connectivity index (χ2n) is 6.65. The van der Waals surface area contributed by atoms with Gasteiger partial charge in [-0.15, -0.1) is 0 Å². The van der Waals surface area contributed by atoms with E-state index >= 15 is 0 Å². The number of ether oxygens (including phenoxy) is 1. The summed E-state index contributed by atoms with van der Waals surface area (Å²) >= 11 is 0. The molecule has 2 aliphatic rings. The fourth-order valence-corrected chi connectivity index (χ4v) is 3.65. The van der Waals surface area contributed by atoms with Crippen LogP contribution in [0.15, 0.2) is 30.3 Å². The Morgan fingerprint density at radius 1 is 1.30 bits per heavy atom. The van der Waals surface area contributed by atoms with Crippen molar-refractivity contribution in [2.75, 3.05) is 6.61 Å². The van der Waals surface area contributed by atoms with Crippen LogP contribution in [-0.4, -0.2) is 12.6 Å². The lowest BCUT2D eigenvalue weighted by Gasteiger charge is -2.23. The van der Waals surface area contributed by atoms with Crippen LogP contribution in [0, 0.1) is 34.5 Å². The maximum atomic E-state index is 12.1. The molecule has 0 radical (unpaired) electrons. The second kappa shape index (κ2) is 4.38. The van der Waals surface area contributed by atoms with Gasteiger partial charge in [-0.05, 0) is 24.0 Å². The van der Waals surface area contributed by atoms with Crippen molar-refractivity contribution in [3.8, 4) is 11.8 Å². The Hall–Kier alpha value is -1.75. The average Bonchev–Trinajstić information content (AvgIpc) is 2.92. The molecule has 0 N–H and O–H groups in total. The summed E-state index contributed by atoms with van der Waals surface area (Å²) in [6, 6.07) is 9.19. The number of benzene rings is 1. The summed E-state index contributed by atoms with van der Waals surface area (Å²) in [5.41, 5.74) is 0.831. The highest BCUT2D eigenvalue weighted by Gasteiger charge is 2.71. The van der Waals surface area contributed by atoms with Crippen molar-refractivity contribution in [2.24, 2.45) is 22.7 Å². The molecule has 1 fully saturated rings. The van der Waals surface area contributed by atoms with Crippen LogP contribution in [0.1, 0.15) is 37.6 Å². The highest BCUT2D eigenvalue weighted by Crippen LogP contribution is 2.72. The maximum Gasteiger partial charge on any atom is 0.338 e. The van der Waals surface area contributed by atoms with Crippen molar-refractivity contribution in [2.45, 2.75) is 27.2 Å². The zero-order valence-corrected chi connectivity index (χ0v) is 12.3. The van der Waals surface area contributed by atoms with E-state index in [1.807, 2.05) is 18.2 Å². The van der Waals surface area contributed by atoms with Crippen LogP contribution in [0.25, 0.3) is 0 Å². The minimum Gasteiger partial charge on any atom is -0.461 e. The predicted molar refractivity (Wildman–Crippen MR) is 78.0 cm³/mol. The standard InChI is InChI=1S/C18H20O2/c1-13-9-10-15-17(2,3)18(15,11-13)12-20-16(19)14-7-5-4-6-8-14/h4-8,13,15H,11-12H2,1-3H3. The maximum absolute atomic E-state index is 12.1. The molecule has 1 saturated carbocycles. The molecule has 0 amide bonds. The van der Waals surface area contributed by atoms with Crippen molar-refractivity contribution >= 4 is 5.97 Å². The van der Waals surface area contributed by atoms with E-state index in [0.717, 1.165) is 6.42 Å². The summed E-state index contributed by atoms with van der Waals surface area (Å²) in [5.74, 6) is 7.17. The molecule has 104 valence electrons. The lowest BCUT2D eigenvalue weighted by molar-refractivity contribution is 0.0353. The van der Waals surface area contributed by atoms with Crippen LogP contribution in [-0.2, 0) is 4.74 Å². The first-order chi connectivity index (χ1) is 9.47. The van der Waals surface area contributed by atoms with Crippen LogP contribution in [0.3, 0.4) is 0 Å². The smallest absolute Gasteiger partial charge is 0.338 e. The molecule has 2 aliphatic carbocycles. The zero-order chi connectivity index (χ0) is 14.4. The third-order valence-electron chi connectivity index (χ3n) is 5.09. The van der Waals surface area contributed by atoms with Gasteiger partial charge < -0.3 is 4.74 Å². The fraction of sp³-hybridized carbons (Fsp3) is 0.500. The molecule has 1 aromatic rings. The summed E-state index contributed by atoms with van der Waals surface area (Å²) in [5, 5.41) is 0. The predicted octanol–water partition coefficient (Wildman–Crippen LogP) is 3.53. The van der Waals surface area contributed by atoms with Crippen molar-refractivity contribution in [3.05, 3.63) is 35.9 Å². The molecule has 3 rings (SSSR count). The van der Waals surface area contributed by atoms with E-state index in [9.17, 15) is 4.79 Å². The van der Waals surface area contributed by atoms with Gasteiger partial charge in [0, 0.05) is 17.3 Å². The number of fused-ring (bicyclic) bond motifs is 1. The quantitative estimate of drug-likeness (QED) is 0.619. The van der Waals surface area contributed by atoms with Crippen LogP contribution in [0.5, 0.6) is 0 Å². The van der Waals surface area contributed by atoms with E-state index < -0.39 is 0 Å². The van der Waals surface area contributed by atoms with E-state index in [4.69, 9.17) is 4.74 Å². The van der Waals surface area contributed by atoms with E-state index in [-0.39, 0.29) is 16.8 Å². The first kappa shape index (κ1) is 13.2. The number of carbonyl (C=O) groups excluding carboxylic acids is 1. The van der Waals surface area contributed by atoms with Gasteiger partial charge in [0.15, 0.2) is 0 Å². The van der Waals surface area contributed by atoms with Crippen LogP contribution >= 0.6 is 0 Å². The van der Waals surface area contributed by atoms with Gasteiger partial charge in [-0.25, -0.2) is 4.79 Å². The molecule has 2 heteroatoms. The average molecular weight is 268 g/mol. The summed E-state index contributed by atoms with van der Waals surface area (Å²) in [6.07, 6.45) is 1.03. The molecule has 2 nitrogen and oxygen atoms in total. The Balaban J connectivity index is 1.71. The minimum atomic E-state index is -0.229. The topological polar surface area (TPSA) is 26.3 Å². The molecule has 3 atom stereocenters. The van der Waals surface area contributed by atoms with Gasteiger partial charge in [0.2, 0.25) is 0 Å². The normalized spacial score (nSPS) is 32.5. The molecule has 3 unspecified atom stereocenters. The number of hydrogen-bond acceptors (Lipinski definition) is 2. The molecule has 0 bridgehead atoms. The summed E-state index contributed by atoms with van der Waals surface area (Å²) in [7, 11) is 0. The van der Waals surface area contributed by atoms with Gasteiger partial charge in [0.1, 0.15) is 0 Å². The van der Waals surface area contributed by atoms with E-state index in [0.29, 0.717) is 24.0 Å². The molecular formula is C18H20O2. The number of rotatable bonds is 3. The Kier molecular flexibility index (Phi) is 2.90. The van der Waals surface area contributed by atoms with E-state index in [1.54, 1.807) is 12.1 Å². The van der Waals surface area contributed by atoms with Crippen molar-refractivity contribution in [3.63, 3.8) is 0 Å². The molecule has 0 aromatic heterocycles. The van der Waals surface area contributed by atoms with E-state index in [2.05, 4.69) is 32.6 Å². The molecule has 0 aliphatic heterocycles. The van der Waals surface area contributed by atoms with Crippen LogP contribution in [0.2, 0.25) is 0 Å². The lowest BCUT2D eigenvalue weighted by atomic mass is 9.85. The second-order valence-corrected chi connectivity index (χ2v) is 6.65. The summed E-state index contributed by atoms with van der Waals surface area (Å²) in [4.78, 5) is 12.1. The van der Waals surface area contributed by atoms with Gasteiger partial charge in [0.25, 0.3) is 0 Å². The zero-order valence-electron chi connectivity index (χ0n) is 12.3. The first-order valence-corrected chi connectivity index (χ1v) is 7.21. The third kappa shape index (κ3) is 1.85. The minimum absolute atomic E-state index is 0.0576. The Morgan fingerprint density at radius 2 is 2.00 bits per heavy atom. The van der Waals surface area contributed by atoms with Crippen LogP contribution < -0.4 is 0 Å². The molecule has 0 spiro atoms. The largest absolute Gasteiger partial charge is 0.461 e. The lowest BCUT2D eigenvalue weighted by Crippen LogP contribution is -2.23. The van der Waals surface area contributed by atoms with Gasteiger partial charge in [0.05, 0.1) is 12.2 Å². The highest BCUT2D eigenvalue weighted by molar-refractivity contribution is 5.89. The number of esters is 1. The van der Waals surface area contributed by atoms with Gasteiger partial charge in [-0.2, -0.15) is 0 Å². The summed E-state index contributed by atoms with van der Waals surface area (Å²) < 4.78 is 5.59. The fourth-order valence-electron chi connectivity index (χ4n) is 3.65. The molecule has 1 aromatic carbocycles. The van der Waals surface area contributed by atoms with Gasteiger partial charge in [-0.1, -0.05) is 50.8 Å². The Morgan fingerprint density at radius 3 is 2.70 bits per heavy atom. The SMILES string of the molecule is CC1C#CC2C(C)(C)C2(COC(=O)c2ccccc2)C1. The molecule has 0 saturated heterocycles. The van der Waals surface area contributed by atoms with Gasteiger partial charge >= 0.3 is 5.97 Å². The number of hydrogen-bond donors (Lipinski definition) is 0. The van der Waals surface area contributed by atoms with Crippen molar-refractivity contribution in [1.29, 1.82) is 0 Å². The highest BCUT2D eigenvalue weighted by atomic mass is 16.5. The Bertz CT molecular complexity index is 591. The number of carbonyl (C=O) groups is 1. The first-order valence-electron chi connectivity index (χ1n) is 7.21. The van der Waals surface area contributed by atoms with Crippen LogP contribution in [0.4, 0.5) is 0 Å². The third-order valence-corrected chi connectivity index (χ3v) is 5.09. The van der Waals surface area contributed by atoms with E-state index in [1.165, 1.54) is 0 Å². The molecular weight excluding hydrogens is 248 g/mol. The molecule has 20 heavy (non-hydrogen) atoms. The van der Waals surface area contributed by atoms with Gasteiger partial charge in [-0.3, -0.25) is 0 Å². The van der Waals surface area contributed by atoms with Crippen molar-refractivity contribution < 1.29 is 9.53 Å².